The third-order valence-electron chi connectivity index (χ3n) is 1.25. The first-order chi connectivity index (χ1) is 5.63. The van der Waals surface area contributed by atoms with Crippen molar-refractivity contribution in [1.29, 1.82) is 0 Å². The Bertz CT molecular complexity index is 277. The molecule has 0 unspecified atom stereocenters. The molecule has 0 bridgehead atoms. The minimum Gasteiger partial charge on any atom is -0.481 e. The van der Waals surface area contributed by atoms with Crippen LogP contribution < -0.4 is 4.74 Å². The van der Waals surface area contributed by atoms with Gasteiger partial charge in [0.1, 0.15) is 0 Å². The van der Waals surface area contributed by atoms with Crippen LogP contribution in [0.3, 0.4) is 0 Å². The molecule has 0 spiro atoms. The van der Waals surface area contributed by atoms with Crippen molar-refractivity contribution in [2.75, 3.05) is 7.11 Å². The number of rotatable bonds is 2. The smallest absolute Gasteiger partial charge is 0.264 e. The summed E-state index contributed by atoms with van der Waals surface area (Å²) >= 11 is 0. The molecule has 0 atom stereocenters. The van der Waals surface area contributed by atoms with E-state index in [1.165, 1.54) is 7.11 Å². The average Bonchev–Trinajstić information content (AvgIpc) is 2.03. The normalized spacial score (nSPS) is 10.4. The highest BCUT2D eigenvalue weighted by Crippen LogP contribution is 2.22. The highest BCUT2D eigenvalue weighted by molar-refractivity contribution is 5.21. The van der Waals surface area contributed by atoms with E-state index in [0.717, 1.165) is 6.07 Å². The molecule has 0 saturated carbocycles. The van der Waals surface area contributed by atoms with Crippen LogP contribution in [0.15, 0.2) is 12.1 Å². The van der Waals surface area contributed by atoms with Crippen LogP contribution in [0, 0.1) is 5.95 Å². The number of alkyl halides is 2. The van der Waals surface area contributed by atoms with Gasteiger partial charge < -0.3 is 4.74 Å². The Hall–Kier alpha value is -1.26. The zero-order valence-corrected chi connectivity index (χ0v) is 6.22. The first-order valence-electron chi connectivity index (χ1n) is 3.13. The number of pyridine rings is 1. The summed E-state index contributed by atoms with van der Waals surface area (Å²) < 4.78 is 41.0. The van der Waals surface area contributed by atoms with Gasteiger partial charge in [0.2, 0.25) is 11.8 Å². The summed E-state index contributed by atoms with van der Waals surface area (Å²) in [5, 5.41) is 0. The summed E-state index contributed by atoms with van der Waals surface area (Å²) in [7, 11) is 1.23. The van der Waals surface area contributed by atoms with E-state index in [1.54, 1.807) is 0 Å². The lowest BCUT2D eigenvalue weighted by Gasteiger charge is -2.02. The monoisotopic (exact) mass is 177 g/mol. The SMILES string of the molecule is COc1cc(C(F)F)cc(F)n1. The van der Waals surface area contributed by atoms with Gasteiger partial charge in [-0.3, -0.25) is 0 Å². The molecular formula is C7H6F3NO. The number of halogens is 3. The summed E-state index contributed by atoms with van der Waals surface area (Å²) in [6.07, 6.45) is -2.71. The molecule has 0 radical (unpaired) electrons. The third kappa shape index (κ3) is 1.87. The van der Waals surface area contributed by atoms with Crippen molar-refractivity contribution < 1.29 is 17.9 Å². The molecule has 0 aliphatic rings. The molecule has 0 amide bonds. The highest BCUT2D eigenvalue weighted by Gasteiger charge is 2.10. The molecule has 66 valence electrons. The van der Waals surface area contributed by atoms with Gasteiger partial charge in [-0.2, -0.15) is 9.37 Å². The molecule has 1 aromatic rings. The standard InChI is InChI=1S/C7H6F3NO/c1-12-6-3-4(7(9)10)2-5(8)11-6/h2-3,7H,1H3. The Labute approximate surface area is 67.0 Å². The molecule has 1 aromatic heterocycles. The van der Waals surface area contributed by atoms with Gasteiger partial charge in [-0.05, 0) is 0 Å². The maximum absolute atomic E-state index is 12.5. The first kappa shape index (κ1) is 8.83. The predicted octanol–water partition coefficient (Wildman–Crippen LogP) is 2.17. The quantitative estimate of drug-likeness (QED) is 0.646. The van der Waals surface area contributed by atoms with E-state index in [9.17, 15) is 13.2 Å². The number of hydrogen-bond donors (Lipinski definition) is 0. The van der Waals surface area contributed by atoms with Crippen LogP contribution >= 0.6 is 0 Å². The van der Waals surface area contributed by atoms with Crippen LogP contribution in [0.5, 0.6) is 5.88 Å². The van der Waals surface area contributed by atoms with Gasteiger partial charge in [0.25, 0.3) is 6.43 Å². The highest BCUT2D eigenvalue weighted by atomic mass is 19.3. The van der Waals surface area contributed by atoms with Crippen molar-refractivity contribution in [2.24, 2.45) is 0 Å². The molecule has 12 heavy (non-hydrogen) atoms. The van der Waals surface area contributed by atoms with Crippen LogP contribution in [0.1, 0.15) is 12.0 Å². The van der Waals surface area contributed by atoms with Gasteiger partial charge in [-0.1, -0.05) is 0 Å². The predicted molar refractivity (Wildman–Crippen MR) is 35.7 cm³/mol. The van der Waals surface area contributed by atoms with Gasteiger partial charge >= 0.3 is 0 Å². The Kier molecular flexibility index (Phi) is 2.52. The van der Waals surface area contributed by atoms with Gasteiger partial charge in [0.15, 0.2) is 0 Å². The summed E-state index contributed by atoms with van der Waals surface area (Å²) in [6.45, 7) is 0. The van der Waals surface area contributed by atoms with Gasteiger partial charge in [-0.25, -0.2) is 8.78 Å². The van der Waals surface area contributed by atoms with E-state index in [2.05, 4.69) is 9.72 Å². The summed E-state index contributed by atoms with van der Waals surface area (Å²) in [5.41, 5.74) is -0.431. The average molecular weight is 177 g/mol. The van der Waals surface area contributed by atoms with Crippen LogP contribution in [-0.2, 0) is 0 Å². The minimum absolute atomic E-state index is 0.148. The Morgan fingerprint density at radius 1 is 1.42 bits per heavy atom. The number of nitrogens with zero attached hydrogens (tertiary/aromatic N) is 1. The fourth-order valence-corrected chi connectivity index (χ4v) is 0.722. The Morgan fingerprint density at radius 3 is 2.58 bits per heavy atom. The number of aromatic nitrogens is 1. The van der Waals surface area contributed by atoms with E-state index in [4.69, 9.17) is 0 Å². The lowest BCUT2D eigenvalue weighted by atomic mass is 10.3. The fourth-order valence-electron chi connectivity index (χ4n) is 0.722. The Balaban J connectivity index is 3.06. The van der Waals surface area contributed by atoms with Crippen LogP contribution in [0.4, 0.5) is 13.2 Å². The van der Waals surface area contributed by atoms with Crippen molar-refractivity contribution >= 4 is 0 Å². The lowest BCUT2D eigenvalue weighted by Crippen LogP contribution is -1.94. The molecule has 0 saturated heterocycles. The molecule has 0 aliphatic heterocycles. The molecule has 0 aliphatic carbocycles. The maximum Gasteiger partial charge on any atom is 0.264 e. The van der Waals surface area contributed by atoms with Crippen molar-refractivity contribution in [3.63, 3.8) is 0 Å². The first-order valence-corrected chi connectivity index (χ1v) is 3.13. The number of hydrogen-bond acceptors (Lipinski definition) is 2. The van der Waals surface area contributed by atoms with E-state index in [1.807, 2.05) is 0 Å². The van der Waals surface area contributed by atoms with E-state index in [0.29, 0.717) is 6.07 Å². The molecule has 0 aromatic carbocycles. The molecule has 0 fully saturated rings. The largest absolute Gasteiger partial charge is 0.481 e. The van der Waals surface area contributed by atoms with E-state index < -0.39 is 17.9 Å². The van der Waals surface area contributed by atoms with E-state index in [-0.39, 0.29) is 5.88 Å². The lowest BCUT2D eigenvalue weighted by molar-refractivity contribution is 0.150. The van der Waals surface area contributed by atoms with Gasteiger partial charge in [-0.15, -0.1) is 0 Å². The van der Waals surface area contributed by atoms with Crippen molar-refractivity contribution in [3.05, 3.63) is 23.6 Å². The molecule has 5 heteroatoms. The maximum atomic E-state index is 12.5. The summed E-state index contributed by atoms with van der Waals surface area (Å²) in [5.74, 6) is -1.12. The second kappa shape index (κ2) is 3.42. The molecule has 0 N–H and O–H groups in total. The number of ether oxygens (including phenoxy) is 1. The fraction of sp³-hybridized carbons (Fsp3) is 0.286. The minimum atomic E-state index is -2.71. The third-order valence-corrected chi connectivity index (χ3v) is 1.25. The van der Waals surface area contributed by atoms with Crippen molar-refractivity contribution in [2.45, 2.75) is 6.43 Å². The van der Waals surface area contributed by atoms with Crippen LogP contribution in [0.25, 0.3) is 0 Å². The second-order valence-corrected chi connectivity index (χ2v) is 2.07. The van der Waals surface area contributed by atoms with Gasteiger partial charge in [0, 0.05) is 17.7 Å². The number of methoxy groups -OCH3 is 1. The summed E-state index contributed by atoms with van der Waals surface area (Å²) in [6, 6.07) is 1.67. The van der Waals surface area contributed by atoms with E-state index >= 15 is 0 Å². The van der Waals surface area contributed by atoms with Gasteiger partial charge in [0.05, 0.1) is 7.11 Å². The molecule has 2 nitrogen and oxygen atoms in total. The van der Waals surface area contributed by atoms with Crippen molar-refractivity contribution in [1.82, 2.24) is 4.98 Å². The van der Waals surface area contributed by atoms with Crippen LogP contribution in [0.2, 0.25) is 0 Å². The van der Waals surface area contributed by atoms with Crippen LogP contribution in [-0.4, -0.2) is 12.1 Å². The topological polar surface area (TPSA) is 22.1 Å². The molecule has 1 heterocycles. The zero-order valence-electron chi connectivity index (χ0n) is 6.22. The Morgan fingerprint density at radius 2 is 2.08 bits per heavy atom. The summed E-state index contributed by atoms with van der Waals surface area (Å²) in [4.78, 5) is 3.21. The molecule has 1 rings (SSSR count). The zero-order chi connectivity index (χ0) is 9.14. The second-order valence-electron chi connectivity index (χ2n) is 2.07. The molecular weight excluding hydrogens is 171 g/mol. The van der Waals surface area contributed by atoms with Crippen molar-refractivity contribution in [3.8, 4) is 5.88 Å².